The van der Waals surface area contributed by atoms with Crippen molar-refractivity contribution in [2.45, 2.75) is 76.6 Å². The van der Waals surface area contributed by atoms with Crippen LogP contribution in [0.1, 0.15) is 58.8 Å². The normalized spacial score (nSPS) is 41.9. The van der Waals surface area contributed by atoms with E-state index in [4.69, 9.17) is 27.4 Å². The van der Waals surface area contributed by atoms with Gasteiger partial charge in [-0.05, 0) is 105 Å². The van der Waals surface area contributed by atoms with Gasteiger partial charge in [-0.2, -0.15) is 5.10 Å². The van der Waals surface area contributed by atoms with E-state index in [9.17, 15) is 5.11 Å². The summed E-state index contributed by atoms with van der Waals surface area (Å²) in [5.74, 6) is 7.42. The molecule has 0 bridgehead atoms. The maximum absolute atomic E-state index is 11.8. The monoisotopic (exact) mass is 505 g/mol. The van der Waals surface area contributed by atoms with Crippen molar-refractivity contribution in [3.05, 3.63) is 46.6 Å². The summed E-state index contributed by atoms with van der Waals surface area (Å²) in [6.07, 6.45) is 15.5. The Morgan fingerprint density at radius 1 is 1.25 bits per heavy atom. The number of aliphatic hydroxyl groups is 1. The van der Waals surface area contributed by atoms with Crippen LogP contribution in [0.15, 0.2) is 51.7 Å². The summed E-state index contributed by atoms with van der Waals surface area (Å²) in [6.45, 7) is 4.48. The van der Waals surface area contributed by atoms with Crippen LogP contribution in [-0.2, 0) is 9.47 Å². The highest BCUT2D eigenvalue weighted by Crippen LogP contribution is 2.66. The predicted octanol–water partition coefficient (Wildman–Crippen LogP) is 4.03. The zero-order chi connectivity index (χ0) is 25.1. The zero-order valence-corrected chi connectivity index (χ0v) is 21.9. The molecule has 190 valence electrons. The Morgan fingerprint density at radius 2 is 2.08 bits per heavy atom. The summed E-state index contributed by atoms with van der Waals surface area (Å²) in [5.41, 5.74) is 13.9. The van der Waals surface area contributed by atoms with Gasteiger partial charge in [0.15, 0.2) is 5.11 Å². The summed E-state index contributed by atoms with van der Waals surface area (Å²) < 4.78 is 11.6. The molecule has 6 rings (SSSR count). The van der Waals surface area contributed by atoms with E-state index in [1.54, 1.807) is 5.57 Å². The van der Waals surface area contributed by atoms with Crippen LogP contribution in [0, 0.1) is 35.0 Å². The second kappa shape index (κ2) is 8.95. The molecular formula is C29H35N3O3S. The molecule has 0 aromatic heterocycles. The molecule has 36 heavy (non-hydrogen) atoms. The Bertz CT molecular complexity index is 1200. The van der Waals surface area contributed by atoms with Gasteiger partial charge in [-0.3, -0.25) is 5.43 Å². The van der Waals surface area contributed by atoms with Crippen molar-refractivity contribution in [1.29, 1.82) is 0 Å². The molecule has 1 saturated heterocycles. The molecule has 0 amide bonds. The van der Waals surface area contributed by atoms with Gasteiger partial charge in [-0.15, -0.1) is 5.92 Å². The van der Waals surface area contributed by atoms with Gasteiger partial charge in [-0.1, -0.05) is 30.6 Å². The van der Waals surface area contributed by atoms with Crippen molar-refractivity contribution in [2.75, 3.05) is 6.79 Å². The fourth-order valence-electron chi connectivity index (χ4n) is 7.98. The van der Waals surface area contributed by atoms with Crippen LogP contribution in [-0.4, -0.2) is 40.5 Å². The number of nitrogens with one attached hydrogen (secondary N) is 1. The molecule has 7 atom stereocenters. The molecule has 3 fully saturated rings. The topological polar surface area (TPSA) is 89.1 Å². The van der Waals surface area contributed by atoms with Crippen molar-refractivity contribution in [1.82, 2.24) is 5.43 Å². The molecule has 0 spiro atoms. The number of nitrogens with two attached hydrogens (primary N) is 1. The van der Waals surface area contributed by atoms with Crippen LogP contribution in [0.2, 0.25) is 0 Å². The van der Waals surface area contributed by atoms with Crippen LogP contribution in [0.3, 0.4) is 0 Å². The second-order valence-electron chi connectivity index (χ2n) is 11.3. The minimum atomic E-state index is -0.940. The highest BCUT2D eigenvalue weighted by molar-refractivity contribution is 7.80. The van der Waals surface area contributed by atoms with Crippen LogP contribution < -0.4 is 11.2 Å². The van der Waals surface area contributed by atoms with Crippen molar-refractivity contribution >= 4 is 23.0 Å². The number of fused-ring (bicyclic) bond motifs is 5. The van der Waals surface area contributed by atoms with Crippen LogP contribution >= 0.6 is 12.2 Å². The maximum Gasteiger partial charge on any atom is 0.184 e. The Morgan fingerprint density at radius 3 is 2.89 bits per heavy atom. The summed E-state index contributed by atoms with van der Waals surface area (Å²) >= 11 is 4.93. The molecule has 0 radical (unpaired) electrons. The largest absolute Gasteiger partial charge is 0.377 e. The van der Waals surface area contributed by atoms with E-state index >= 15 is 0 Å². The molecule has 2 unspecified atom stereocenters. The Hall–Kier alpha value is -2.24. The quantitative estimate of drug-likeness (QED) is 0.298. The minimum absolute atomic E-state index is 0.000108. The van der Waals surface area contributed by atoms with Gasteiger partial charge in [0.1, 0.15) is 24.6 Å². The minimum Gasteiger partial charge on any atom is -0.377 e. The second-order valence-corrected chi connectivity index (χ2v) is 11.7. The highest BCUT2D eigenvalue weighted by atomic mass is 32.1. The number of ether oxygens (including phenoxy) is 2. The molecule has 0 aromatic carbocycles. The SMILES string of the molecule is CC#C[C@]1(O)CC[C@H]2[C@@H]3CCC4=C/C(=N/NC(N)=S)CCC4=C3[C@@H](C3=CC4OCOC4C=C3)C[C@@]21C. The third kappa shape index (κ3) is 3.73. The predicted molar refractivity (Wildman–Crippen MR) is 144 cm³/mol. The third-order valence-electron chi connectivity index (χ3n) is 9.63. The van der Waals surface area contributed by atoms with Gasteiger partial charge >= 0.3 is 0 Å². The Kier molecular flexibility index (Phi) is 6.00. The number of hydrogen-bond donors (Lipinski definition) is 3. The van der Waals surface area contributed by atoms with Crippen LogP contribution in [0.4, 0.5) is 0 Å². The standard InChI is InChI=1S/C29H35N3O3S/c1-3-11-29(33)12-10-23-21-7-4-17-13-19(31-32-27(30)36)6-8-20(17)26(21)22(15-28(23,29)2)18-5-9-24-25(14-18)35-16-34-24/h5,9,13-14,21-25,33H,4,6-8,10,12,15-16H2,1-2H3,(H3,30,32,36)/b31-19+/t21-,22+,23-,24?,25?,28-,29-/m0/s1. The zero-order valence-electron chi connectivity index (χ0n) is 21.0. The van der Waals surface area contributed by atoms with Gasteiger partial charge in [0.05, 0.1) is 5.71 Å². The molecule has 6 aliphatic rings. The van der Waals surface area contributed by atoms with Gasteiger partial charge in [-0.25, -0.2) is 0 Å². The average molecular weight is 506 g/mol. The fourth-order valence-corrected chi connectivity index (χ4v) is 8.03. The summed E-state index contributed by atoms with van der Waals surface area (Å²) in [7, 11) is 0. The molecule has 1 heterocycles. The number of hydrogen-bond acceptors (Lipinski definition) is 5. The summed E-state index contributed by atoms with van der Waals surface area (Å²) in [5, 5.41) is 16.5. The molecule has 6 nitrogen and oxygen atoms in total. The molecule has 1 aliphatic heterocycles. The van der Waals surface area contributed by atoms with Crippen molar-refractivity contribution in [3.63, 3.8) is 0 Å². The Balaban J connectivity index is 1.45. The van der Waals surface area contributed by atoms with E-state index in [-0.39, 0.29) is 28.7 Å². The van der Waals surface area contributed by atoms with Crippen LogP contribution in [0.25, 0.3) is 0 Å². The van der Waals surface area contributed by atoms with Crippen molar-refractivity contribution < 1.29 is 14.6 Å². The lowest BCUT2D eigenvalue weighted by atomic mass is 9.51. The van der Waals surface area contributed by atoms with E-state index in [1.165, 1.54) is 16.7 Å². The molecule has 7 heteroatoms. The fraction of sp³-hybridized carbons (Fsp3) is 0.586. The van der Waals surface area contributed by atoms with Gasteiger partial charge < -0.3 is 20.3 Å². The first-order chi connectivity index (χ1) is 17.3. The first kappa shape index (κ1) is 24.1. The molecule has 5 aliphatic carbocycles. The summed E-state index contributed by atoms with van der Waals surface area (Å²) in [4.78, 5) is 0. The number of hydrazone groups is 1. The van der Waals surface area contributed by atoms with E-state index in [1.807, 2.05) is 6.92 Å². The number of rotatable bonds is 2. The van der Waals surface area contributed by atoms with E-state index in [0.29, 0.717) is 18.6 Å². The molecule has 2 saturated carbocycles. The number of nitrogens with zero attached hydrogens (tertiary/aromatic N) is 1. The van der Waals surface area contributed by atoms with E-state index in [0.717, 1.165) is 50.7 Å². The first-order valence-electron chi connectivity index (χ1n) is 13.2. The smallest absolute Gasteiger partial charge is 0.184 e. The van der Waals surface area contributed by atoms with E-state index in [2.05, 4.69) is 53.6 Å². The maximum atomic E-state index is 11.8. The molecule has 0 aromatic rings. The first-order valence-corrected chi connectivity index (χ1v) is 13.6. The lowest BCUT2D eigenvalue weighted by molar-refractivity contribution is -0.0551. The van der Waals surface area contributed by atoms with Crippen LogP contribution in [0.5, 0.6) is 0 Å². The lowest BCUT2D eigenvalue weighted by Gasteiger charge is -2.54. The van der Waals surface area contributed by atoms with Gasteiger partial charge in [0.25, 0.3) is 0 Å². The molecule has 4 N–H and O–H groups in total. The highest BCUT2D eigenvalue weighted by Gasteiger charge is 2.62. The van der Waals surface area contributed by atoms with Crippen molar-refractivity contribution in [2.24, 2.45) is 34.0 Å². The number of thiocarbonyl (C=S) groups is 1. The summed E-state index contributed by atoms with van der Waals surface area (Å²) in [6, 6.07) is 0. The van der Waals surface area contributed by atoms with Gasteiger partial charge in [0, 0.05) is 11.3 Å². The van der Waals surface area contributed by atoms with Gasteiger partial charge in [0.2, 0.25) is 0 Å². The molecular weight excluding hydrogens is 470 g/mol. The number of allylic oxidation sites excluding steroid dienone is 6. The third-order valence-corrected chi connectivity index (χ3v) is 9.72. The van der Waals surface area contributed by atoms with Crippen molar-refractivity contribution in [3.8, 4) is 11.8 Å². The van der Waals surface area contributed by atoms with E-state index < -0.39 is 5.60 Å². The average Bonchev–Trinajstić information content (AvgIpc) is 3.43. The Labute approximate surface area is 218 Å². The lowest BCUT2D eigenvalue weighted by Crippen LogP contribution is -2.51.